The first-order chi connectivity index (χ1) is 9.46. The number of hydrogen-bond donors (Lipinski definition) is 1. The first-order valence-corrected chi connectivity index (χ1v) is 8.96. The monoisotopic (exact) mass is 309 g/mol. The van der Waals surface area contributed by atoms with Crippen molar-refractivity contribution in [1.82, 2.24) is 0 Å². The van der Waals surface area contributed by atoms with Crippen LogP contribution in [0.2, 0.25) is 0 Å². The molecule has 0 saturated carbocycles. The van der Waals surface area contributed by atoms with Crippen molar-refractivity contribution in [3.63, 3.8) is 0 Å². The van der Waals surface area contributed by atoms with Gasteiger partial charge < -0.3 is 5.73 Å². The second kappa shape index (κ2) is 6.08. The summed E-state index contributed by atoms with van der Waals surface area (Å²) in [5.74, 6) is 0.425. The Hall–Kier alpha value is -1.17. The summed E-state index contributed by atoms with van der Waals surface area (Å²) in [5, 5.41) is 1.09. The lowest BCUT2D eigenvalue weighted by atomic mass is 10.0. The van der Waals surface area contributed by atoms with Crippen molar-refractivity contribution < 1.29 is 8.42 Å². The van der Waals surface area contributed by atoms with E-state index in [1.807, 2.05) is 24.3 Å². The summed E-state index contributed by atoms with van der Waals surface area (Å²) in [6, 6.07) is 11.1. The third-order valence-corrected chi connectivity index (χ3v) is 6.90. The molecular formula is C15H19NO2S2. The molecule has 1 aromatic heterocycles. The topological polar surface area (TPSA) is 60.2 Å². The van der Waals surface area contributed by atoms with Gasteiger partial charge in [-0.3, -0.25) is 0 Å². The molecule has 0 aliphatic rings. The van der Waals surface area contributed by atoms with Gasteiger partial charge in [-0.1, -0.05) is 44.2 Å². The summed E-state index contributed by atoms with van der Waals surface area (Å²) < 4.78 is 25.5. The molecule has 1 aromatic carbocycles. The maximum Gasteiger partial charge on any atom is 0.195 e. The predicted molar refractivity (Wildman–Crippen MR) is 83.8 cm³/mol. The van der Waals surface area contributed by atoms with Gasteiger partial charge in [0.1, 0.15) is 9.46 Å². The Morgan fingerprint density at radius 1 is 1.10 bits per heavy atom. The molecule has 0 radical (unpaired) electrons. The van der Waals surface area contributed by atoms with Gasteiger partial charge >= 0.3 is 0 Å². The van der Waals surface area contributed by atoms with Crippen molar-refractivity contribution in [2.45, 2.75) is 29.2 Å². The van der Waals surface area contributed by atoms with Crippen LogP contribution in [0.1, 0.15) is 36.1 Å². The lowest BCUT2D eigenvalue weighted by Gasteiger charge is -2.16. The van der Waals surface area contributed by atoms with Gasteiger partial charge in [-0.15, -0.1) is 11.3 Å². The third-order valence-electron chi connectivity index (χ3n) is 3.34. The van der Waals surface area contributed by atoms with E-state index < -0.39 is 15.1 Å². The molecule has 3 nitrogen and oxygen atoms in total. The Morgan fingerprint density at radius 2 is 1.70 bits per heavy atom. The quantitative estimate of drug-likeness (QED) is 0.921. The van der Waals surface area contributed by atoms with Crippen LogP contribution in [-0.4, -0.2) is 15.0 Å². The van der Waals surface area contributed by atoms with Crippen LogP contribution in [0.3, 0.4) is 0 Å². The van der Waals surface area contributed by atoms with Gasteiger partial charge in [0.2, 0.25) is 0 Å². The Morgan fingerprint density at radius 3 is 2.15 bits per heavy atom. The smallest absolute Gasteiger partial charge is 0.195 e. The molecule has 0 aliphatic heterocycles. The zero-order chi connectivity index (χ0) is 14.8. The van der Waals surface area contributed by atoms with E-state index in [1.54, 1.807) is 17.5 Å². The van der Waals surface area contributed by atoms with Crippen LogP contribution >= 0.6 is 11.3 Å². The predicted octanol–water partition coefficient (Wildman–Crippen LogP) is 3.35. The van der Waals surface area contributed by atoms with E-state index in [9.17, 15) is 8.42 Å². The standard InChI is InChI=1S/C15H19NO2S2/c1-11(2)12-5-7-13(8-6-12)14(10-16)20(17,18)15-4-3-9-19-15/h3-9,11,14H,10,16H2,1-2H3/t14-/m1/s1. The van der Waals surface area contributed by atoms with Crippen LogP contribution in [-0.2, 0) is 9.84 Å². The number of sulfone groups is 1. The average molecular weight is 309 g/mol. The number of thiophene rings is 1. The van der Waals surface area contributed by atoms with Gasteiger partial charge in [0.25, 0.3) is 0 Å². The van der Waals surface area contributed by atoms with Crippen LogP contribution < -0.4 is 5.73 Å². The molecule has 0 unspecified atom stereocenters. The number of rotatable bonds is 5. The molecular weight excluding hydrogens is 290 g/mol. The van der Waals surface area contributed by atoms with Gasteiger partial charge in [-0.05, 0) is 28.5 Å². The van der Waals surface area contributed by atoms with Crippen molar-refractivity contribution in [1.29, 1.82) is 0 Å². The van der Waals surface area contributed by atoms with E-state index >= 15 is 0 Å². The van der Waals surface area contributed by atoms with Gasteiger partial charge in [0, 0.05) is 6.54 Å². The molecule has 0 spiro atoms. The molecule has 5 heteroatoms. The molecule has 2 aromatic rings. The summed E-state index contributed by atoms with van der Waals surface area (Å²) in [6.45, 7) is 4.30. The highest BCUT2D eigenvalue weighted by molar-refractivity contribution is 7.93. The second-order valence-corrected chi connectivity index (χ2v) is 8.33. The zero-order valence-corrected chi connectivity index (χ0v) is 13.2. The molecule has 0 bridgehead atoms. The molecule has 0 amide bonds. The Kier molecular flexibility index (Phi) is 4.62. The van der Waals surface area contributed by atoms with E-state index in [-0.39, 0.29) is 6.54 Å². The number of nitrogens with two attached hydrogens (primary N) is 1. The Labute approximate surface area is 124 Å². The Bertz CT molecular complexity index is 644. The van der Waals surface area contributed by atoms with Gasteiger partial charge in [0.05, 0.1) is 0 Å². The summed E-state index contributed by atoms with van der Waals surface area (Å²) >= 11 is 1.23. The van der Waals surface area contributed by atoms with E-state index in [1.165, 1.54) is 16.9 Å². The first kappa shape index (κ1) is 15.2. The molecule has 0 aliphatic carbocycles. The van der Waals surface area contributed by atoms with Crippen LogP contribution in [0.25, 0.3) is 0 Å². The lowest BCUT2D eigenvalue weighted by Crippen LogP contribution is -2.21. The van der Waals surface area contributed by atoms with E-state index in [4.69, 9.17) is 5.73 Å². The minimum atomic E-state index is -3.40. The van der Waals surface area contributed by atoms with Crippen molar-refractivity contribution in [3.8, 4) is 0 Å². The lowest BCUT2D eigenvalue weighted by molar-refractivity contribution is 0.584. The van der Waals surface area contributed by atoms with Crippen molar-refractivity contribution >= 4 is 21.2 Å². The summed E-state index contributed by atoms with van der Waals surface area (Å²) in [7, 11) is -3.40. The summed E-state index contributed by atoms with van der Waals surface area (Å²) in [5.41, 5.74) is 7.67. The fourth-order valence-corrected chi connectivity index (χ4v) is 4.92. The third kappa shape index (κ3) is 2.95. The molecule has 2 N–H and O–H groups in total. The molecule has 108 valence electrons. The fourth-order valence-electron chi connectivity index (χ4n) is 2.10. The fraction of sp³-hybridized carbons (Fsp3) is 0.333. The largest absolute Gasteiger partial charge is 0.329 e. The number of benzene rings is 1. The highest BCUT2D eigenvalue weighted by Gasteiger charge is 2.28. The van der Waals surface area contributed by atoms with Crippen LogP contribution in [0.5, 0.6) is 0 Å². The minimum Gasteiger partial charge on any atom is -0.329 e. The first-order valence-electron chi connectivity index (χ1n) is 6.54. The van der Waals surface area contributed by atoms with E-state index in [0.717, 1.165) is 5.56 Å². The zero-order valence-electron chi connectivity index (χ0n) is 11.6. The van der Waals surface area contributed by atoms with Gasteiger partial charge in [0.15, 0.2) is 9.84 Å². The van der Waals surface area contributed by atoms with Crippen LogP contribution in [0, 0.1) is 0 Å². The maximum atomic E-state index is 12.6. The van der Waals surface area contributed by atoms with E-state index in [2.05, 4.69) is 13.8 Å². The minimum absolute atomic E-state index is 0.0846. The molecule has 1 atom stereocenters. The average Bonchev–Trinajstić information content (AvgIpc) is 2.94. The van der Waals surface area contributed by atoms with Crippen LogP contribution in [0.15, 0.2) is 46.0 Å². The summed E-state index contributed by atoms with van der Waals surface area (Å²) in [6.07, 6.45) is 0. The molecule has 2 rings (SSSR count). The summed E-state index contributed by atoms with van der Waals surface area (Å²) in [4.78, 5) is 0. The highest BCUT2D eigenvalue weighted by atomic mass is 32.2. The van der Waals surface area contributed by atoms with E-state index in [0.29, 0.717) is 10.1 Å². The SMILES string of the molecule is CC(C)c1ccc([C@@H](CN)S(=O)(=O)c2cccs2)cc1. The Balaban J connectivity index is 2.38. The highest BCUT2D eigenvalue weighted by Crippen LogP contribution is 2.31. The van der Waals surface area contributed by atoms with Gasteiger partial charge in [-0.2, -0.15) is 0 Å². The normalized spacial score (nSPS) is 13.6. The molecule has 0 saturated heterocycles. The van der Waals surface area contributed by atoms with Crippen molar-refractivity contribution in [3.05, 3.63) is 52.9 Å². The molecule has 0 fully saturated rings. The van der Waals surface area contributed by atoms with Gasteiger partial charge in [-0.25, -0.2) is 8.42 Å². The maximum absolute atomic E-state index is 12.6. The number of hydrogen-bond acceptors (Lipinski definition) is 4. The molecule has 20 heavy (non-hydrogen) atoms. The second-order valence-electron chi connectivity index (χ2n) is 5.02. The van der Waals surface area contributed by atoms with Crippen molar-refractivity contribution in [2.75, 3.05) is 6.54 Å². The molecule has 1 heterocycles. The van der Waals surface area contributed by atoms with Crippen molar-refractivity contribution in [2.24, 2.45) is 5.73 Å². The van der Waals surface area contributed by atoms with Crippen LogP contribution in [0.4, 0.5) is 0 Å².